The van der Waals surface area contributed by atoms with Crippen molar-refractivity contribution in [1.29, 1.82) is 0 Å². The molecule has 0 fully saturated rings. The minimum absolute atomic E-state index is 0.112. The smallest absolute Gasteiger partial charge is 0.0843 e. The van der Waals surface area contributed by atoms with Crippen LogP contribution in [0.4, 0.5) is 0 Å². The van der Waals surface area contributed by atoms with E-state index >= 15 is 0 Å². The molecule has 92 valence electrons. The van der Waals surface area contributed by atoms with Crippen LogP contribution in [0.5, 0.6) is 0 Å². The van der Waals surface area contributed by atoms with Crippen molar-refractivity contribution >= 4 is 0 Å². The Bertz CT molecular complexity index is 293. The molecule has 1 aliphatic rings. The predicted octanol–water partition coefficient (Wildman–Crippen LogP) is 4.35. The van der Waals surface area contributed by atoms with Crippen LogP contribution in [0, 0.1) is 10.8 Å². The van der Waals surface area contributed by atoms with Crippen molar-refractivity contribution < 1.29 is 4.74 Å². The molecule has 1 aliphatic carbocycles. The van der Waals surface area contributed by atoms with E-state index in [1.54, 1.807) is 7.11 Å². The summed E-state index contributed by atoms with van der Waals surface area (Å²) in [5.41, 5.74) is 1.84. The van der Waals surface area contributed by atoms with Crippen LogP contribution in [0.1, 0.15) is 47.5 Å². The maximum absolute atomic E-state index is 5.59. The second-order valence-electron chi connectivity index (χ2n) is 5.70. The molecule has 0 heterocycles. The van der Waals surface area contributed by atoms with Crippen molar-refractivity contribution in [1.82, 2.24) is 0 Å². The van der Waals surface area contributed by atoms with Gasteiger partial charge in [0.2, 0.25) is 0 Å². The van der Waals surface area contributed by atoms with Gasteiger partial charge in [-0.1, -0.05) is 52.8 Å². The number of ether oxygens (including phenoxy) is 1. The van der Waals surface area contributed by atoms with Crippen molar-refractivity contribution in [2.45, 2.75) is 53.6 Å². The van der Waals surface area contributed by atoms with Gasteiger partial charge >= 0.3 is 0 Å². The van der Waals surface area contributed by atoms with E-state index in [1.165, 1.54) is 18.4 Å². The summed E-state index contributed by atoms with van der Waals surface area (Å²) >= 11 is 0. The first-order chi connectivity index (χ1) is 7.39. The maximum Gasteiger partial charge on any atom is 0.0843 e. The van der Waals surface area contributed by atoms with E-state index in [4.69, 9.17) is 4.74 Å². The summed E-state index contributed by atoms with van der Waals surface area (Å²) in [7, 11) is 1.80. The average molecular weight is 222 g/mol. The first kappa shape index (κ1) is 13.5. The van der Waals surface area contributed by atoms with E-state index in [0.717, 1.165) is 0 Å². The van der Waals surface area contributed by atoms with Gasteiger partial charge in [-0.05, 0) is 23.8 Å². The molecular formula is C15H26O. The van der Waals surface area contributed by atoms with Gasteiger partial charge in [0.15, 0.2) is 0 Å². The molecule has 0 aromatic carbocycles. The Hall–Kier alpha value is -0.560. The minimum Gasteiger partial charge on any atom is -0.376 e. The van der Waals surface area contributed by atoms with E-state index in [9.17, 15) is 0 Å². The molecule has 1 heteroatoms. The summed E-state index contributed by atoms with van der Waals surface area (Å²) in [6.45, 7) is 11.3. The van der Waals surface area contributed by atoms with Gasteiger partial charge in [-0.3, -0.25) is 0 Å². The summed E-state index contributed by atoms with van der Waals surface area (Å²) in [5.74, 6) is 0. The molecule has 0 N–H and O–H groups in total. The molecule has 1 nitrogen and oxygen atoms in total. The van der Waals surface area contributed by atoms with Crippen LogP contribution < -0.4 is 0 Å². The van der Waals surface area contributed by atoms with Crippen LogP contribution in [-0.2, 0) is 4.74 Å². The SMILES string of the molecule is CCC(C)(CC)C1=CC(OC)C(C)(C)C=C1. The van der Waals surface area contributed by atoms with E-state index < -0.39 is 0 Å². The predicted molar refractivity (Wildman–Crippen MR) is 70.5 cm³/mol. The first-order valence-electron chi connectivity index (χ1n) is 6.34. The third-order valence-corrected chi connectivity index (χ3v) is 4.27. The quantitative estimate of drug-likeness (QED) is 0.687. The molecule has 0 saturated carbocycles. The number of hydrogen-bond donors (Lipinski definition) is 0. The zero-order valence-corrected chi connectivity index (χ0v) is 11.6. The number of methoxy groups -OCH3 is 1. The van der Waals surface area contributed by atoms with Crippen LogP contribution >= 0.6 is 0 Å². The molecule has 0 aromatic heterocycles. The molecule has 16 heavy (non-hydrogen) atoms. The molecule has 0 bridgehead atoms. The molecule has 0 amide bonds. The first-order valence-corrected chi connectivity index (χ1v) is 6.34. The Kier molecular flexibility index (Phi) is 4.01. The van der Waals surface area contributed by atoms with Gasteiger partial charge in [-0.25, -0.2) is 0 Å². The lowest BCUT2D eigenvalue weighted by atomic mass is 9.71. The molecular weight excluding hydrogens is 196 g/mol. The number of rotatable bonds is 4. The summed E-state index contributed by atoms with van der Waals surface area (Å²) < 4.78 is 5.59. The largest absolute Gasteiger partial charge is 0.376 e. The molecule has 1 atom stereocenters. The highest BCUT2D eigenvalue weighted by atomic mass is 16.5. The Morgan fingerprint density at radius 3 is 2.31 bits per heavy atom. The number of hydrogen-bond acceptors (Lipinski definition) is 1. The van der Waals surface area contributed by atoms with Gasteiger partial charge in [0.25, 0.3) is 0 Å². The summed E-state index contributed by atoms with van der Waals surface area (Å²) in [6.07, 6.45) is 9.45. The van der Waals surface area contributed by atoms with Gasteiger partial charge < -0.3 is 4.74 Å². The zero-order valence-electron chi connectivity index (χ0n) is 11.6. The minimum atomic E-state index is 0.112. The lowest BCUT2D eigenvalue weighted by Gasteiger charge is -2.37. The third kappa shape index (κ3) is 2.40. The van der Waals surface area contributed by atoms with E-state index in [-0.39, 0.29) is 11.5 Å². The monoisotopic (exact) mass is 222 g/mol. The van der Waals surface area contributed by atoms with Gasteiger partial charge in [-0.2, -0.15) is 0 Å². The second-order valence-corrected chi connectivity index (χ2v) is 5.70. The van der Waals surface area contributed by atoms with E-state index in [0.29, 0.717) is 5.41 Å². The van der Waals surface area contributed by atoms with Gasteiger partial charge in [0.05, 0.1) is 6.10 Å². The van der Waals surface area contributed by atoms with Gasteiger partial charge in [0.1, 0.15) is 0 Å². The molecule has 1 rings (SSSR count). The zero-order chi connectivity index (χ0) is 12.4. The lowest BCUT2D eigenvalue weighted by Crippen LogP contribution is -2.32. The van der Waals surface area contributed by atoms with E-state index in [1.807, 2.05) is 0 Å². The van der Waals surface area contributed by atoms with Crippen molar-refractivity contribution in [3.8, 4) is 0 Å². The van der Waals surface area contributed by atoms with Crippen LogP contribution in [0.15, 0.2) is 23.8 Å². The lowest BCUT2D eigenvalue weighted by molar-refractivity contribution is 0.0651. The molecule has 0 aromatic rings. The Morgan fingerprint density at radius 1 is 1.31 bits per heavy atom. The highest BCUT2D eigenvalue weighted by Gasteiger charge is 2.32. The van der Waals surface area contributed by atoms with Crippen molar-refractivity contribution in [2.24, 2.45) is 10.8 Å². The van der Waals surface area contributed by atoms with E-state index in [2.05, 4.69) is 52.8 Å². The summed E-state index contributed by atoms with van der Waals surface area (Å²) in [4.78, 5) is 0. The Morgan fingerprint density at radius 2 is 1.88 bits per heavy atom. The molecule has 1 unspecified atom stereocenters. The highest BCUT2D eigenvalue weighted by Crippen LogP contribution is 2.41. The van der Waals surface area contributed by atoms with Crippen LogP contribution in [0.25, 0.3) is 0 Å². The van der Waals surface area contributed by atoms with Crippen molar-refractivity contribution in [2.75, 3.05) is 7.11 Å². The average Bonchev–Trinajstić information content (AvgIpc) is 2.27. The molecule has 0 radical (unpaired) electrons. The van der Waals surface area contributed by atoms with Gasteiger partial charge in [-0.15, -0.1) is 0 Å². The second kappa shape index (κ2) is 4.75. The Balaban J connectivity index is 3.02. The topological polar surface area (TPSA) is 9.23 Å². The van der Waals surface area contributed by atoms with Crippen molar-refractivity contribution in [3.63, 3.8) is 0 Å². The third-order valence-electron chi connectivity index (χ3n) is 4.27. The molecule has 0 aliphatic heterocycles. The highest BCUT2D eigenvalue weighted by molar-refractivity contribution is 5.33. The summed E-state index contributed by atoms with van der Waals surface area (Å²) in [5, 5.41) is 0. The molecule has 0 saturated heterocycles. The standard InChI is InChI=1S/C15H26O/c1-7-15(5,8-2)12-9-10-14(3,4)13(11-12)16-6/h9-11,13H,7-8H2,1-6H3. The fourth-order valence-electron chi connectivity index (χ4n) is 2.27. The summed E-state index contributed by atoms with van der Waals surface area (Å²) in [6, 6.07) is 0. The molecule has 0 spiro atoms. The Labute approximate surface area is 101 Å². The number of allylic oxidation sites excluding steroid dienone is 2. The normalized spacial score (nSPS) is 24.4. The fourth-order valence-corrected chi connectivity index (χ4v) is 2.27. The van der Waals surface area contributed by atoms with Crippen molar-refractivity contribution in [3.05, 3.63) is 23.8 Å². The maximum atomic E-state index is 5.59. The fraction of sp³-hybridized carbons (Fsp3) is 0.733. The van der Waals surface area contributed by atoms with Crippen LogP contribution in [-0.4, -0.2) is 13.2 Å². The van der Waals surface area contributed by atoms with Gasteiger partial charge in [0, 0.05) is 12.5 Å². The van der Waals surface area contributed by atoms with Crippen LogP contribution in [0.2, 0.25) is 0 Å². The van der Waals surface area contributed by atoms with Crippen LogP contribution in [0.3, 0.4) is 0 Å².